The number of likely N-dealkylation sites (tertiary alicyclic amines) is 1. The van der Waals surface area contributed by atoms with Gasteiger partial charge >= 0.3 is 0 Å². The standard InChI is InChI=1S/C11H22N2/c1-9(2)10(6-12)13-7-11(8-13)4-3-5-11/h9-10H,3-8,12H2,1-2H3. The third kappa shape index (κ3) is 1.50. The van der Waals surface area contributed by atoms with Crippen molar-refractivity contribution in [1.82, 2.24) is 4.90 Å². The van der Waals surface area contributed by atoms with Gasteiger partial charge in [0, 0.05) is 25.7 Å². The van der Waals surface area contributed by atoms with Crippen LogP contribution in [0.25, 0.3) is 0 Å². The quantitative estimate of drug-likeness (QED) is 0.716. The number of rotatable bonds is 3. The van der Waals surface area contributed by atoms with Gasteiger partial charge in [-0.05, 0) is 24.2 Å². The van der Waals surface area contributed by atoms with Crippen LogP contribution in [0.15, 0.2) is 0 Å². The van der Waals surface area contributed by atoms with E-state index in [9.17, 15) is 0 Å². The molecule has 1 heterocycles. The SMILES string of the molecule is CC(C)C(CN)N1CC2(CCC2)C1. The highest BCUT2D eigenvalue weighted by Gasteiger charge is 2.49. The minimum atomic E-state index is 0.631. The van der Waals surface area contributed by atoms with E-state index in [0.717, 1.165) is 12.0 Å². The Labute approximate surface area is 81.5 Å². The molecule has 0 radical (unpaired) electrons. The van der Waals surface area contributed by atoms with Gasteiger partial charge in [-0.25, -0.2) is 0 Å². The van der Waals surface area contributed by atoms with Gasteiger partial charge in [0.15, 0.2) is 0 Å². The van der Waals surface area contributed by atoms with Gasteiger partial charge in [0.25, 0.3) is 0 Å². The molecule has 13 heavy (non-hydrogen) atoms. The van der Waals surface area contributed by atoms with E-state index in [-0.39, 0.29) is 0 Å². The summed E-state index contributed by atoms with van der Waals surface area (Å²) in [6.45, 7) is 8.04. The number of hydrogen-bond acceptors (Lipinski definition) is 2. The Bertz CT molecular complexity index is 177. The van der Waals surface area contributed by atoms with E-state index in [1.54, 1.807) is 0 Å². The van der Waals surface area contributed by atoms with Gasteiger partial charge in [0.2, 0.25) is 0 Å². The topological polar surface area (TPSA) is 29.3 Å². The highest BCUT2D eigenvalue weighted by molar-refractivity contribution is 5.02. The van der Waals surface area contributed by atoms with Crippen LogP contribution in [-0.2, 0) is 0 Å². The summed E-state index contributed by atoms with van der Waals surface area (Å²) in [6, 6.07) is 0.631. The van der Waals surface area contributed by atoms with Crippen molar-refractivity contribution in [2.75, 3.05) is 19.6 Å². The maximum Gasteiger partial charge on any atom is 0.0241 e. The molecule has 76 valence electrons. The van der Waals surface area contributed by atoms with E-state index >= 15 is 0 Å². The fourth-order valence-corrected chi connectivity index (χ4v) is 2.89. The Hall–Kier alpha value is -0.0800. The summed E-state index contributed by atoms with van der Waals surface area (Å²) in [5, 5.41) is 0. The van der Waals surface area contributed by atoms with Crippen molar-refractivity contribution in [2.24, 2.45) is 17.1 Å². The molecule has 2 heteroatoms. The Morgan fingerprint density at radius 1 is 1.31 bits per heavy atom. The van der Waals surface area contributed by atoms with Gasteiger partial charge < -0.3 is 5.73 Å². The summed E-state index contributed by atoms with van der Waals surface area (Å²) in [5.74, 6) is 0.711. The van der Waals surface area contributed by atoms with Gasteiger partial charge in [0.05, 0.1) is 0 Å². The van der Waals surface area contributed by atoms with E-state index in [1.807, 2.05) is 0 Å². The first-order valence-electron chi connectivity index (χ1n) is 5.61. The lowest BCUT2D eigenvalue weighted by Crippen LogP contribution is -2.64. The van der Waals surface area contributed by atoms with Gasteiger partial charge in [-0.2, -0.15) is 0 Å². The predicted molar refractivity (Wildman–Crippen MR) is 55.5 cm³/mol. The summed E-state index contributed by atoms with van der Waals surface area (Å²) < 4.78 is 0. The van der Waals surface area contributed by atoms with Crippen molar-refractivity contribution in [1.29, 1.82) is 0 Å². The molecule has 1 atom stereocenters. The molecule has 1 aliphatic heterocycles. The Morgan fingerprint density at radius 3 is 2.23 bits per heavy atom. The van der Waals surface area contributed by atoms with Crippen molar-refractivity contribution < 1.29 is 0 Å². The minimum Gasteiger partial charge on any atom is -0.329 e. The summed E-state index contributed by atoms with van der Waals surface area (Å²) in [7, 11) is 0. The molecular formula is C11H22N2. The first-order valence-corrected chi connectivity index (χ1v) is 5.61. The maximum absolute atomic E-state index is 5.79. The van der Waals surface area contributed by atoms with Gasteiger partial charge in [-0.1, -0.05) is 20.3 Å². The second-order valence-corrected chi connectivity index (χ2v) is 5.31. The Kier molecular flexibility index (Phi) is 2.37. The molecule has 1 saturated carbocycles. The summed E-state index contributed by atoms with van der Waals surface area (Å²) in [6.07, 6.45) is 4.40. The van der Waals surface area contributed by atoms with Crippen molar-refractivity contribution in [3.8, 4) is 0 Å². The third-order valence-electron chi connectivity index (χ3n) is 3.97. The Balaban J connectivity index is 1.83. The molecule has 2 fully saturated rings. The molecule has 0 aromatic heterocycles. The molecule has 0 bridgehead atoms. The average molecular weight is 182 g/mol. The van der Waals surface area contributed by atoms with E-state index in [2.05, 4.69) is 18.7 Å². The van der Waals surface area contributed by atoms with Gasteiger partial charge in [0.1, 0.15) is 0 Å². The number of nitrogens with zero attached hydrogens (tertiary/aromatic N) is 1. The molecule has 1 saturated heterocycles. The van der Waals surface area contributed by atoms with E-state index < -0.39 is 0 Å². The molecule has 2 nitrogen and oxygen atoms in total. The van der Waals surface area contributed by atoms with E-state index in [0.29, 0.717) is 12.0 Å². The zero-order valence-electron chi connectivity index (χ0n) is 8.92. The average Bonchev–Trinajstić information content (AvgIpc) is 1.90. The van der Waals surface area contributed by atoms with Crippen LogP contribution < -0.4 is 5.73 Å². The molecule has 0 aromatic rings. The molecule has 2 N–H and O–H groups in total. The van der Waals surface area contributed by atoms with Crippen LogP contribution in [0, 0.1) is 11.3 Å². The zero-order chi connectivity index (χ0) is 9.47. The van der Waals surface area contributed by atoms with Crippen LogP contribution >= 0.6 is 0 Å². The monoisotopic (exact) mass is 182 g/mol. The highest BCUT2D eigenvalue weighted by atomic mass is 15.2. The number of nitrogens with two attached hydrogens (primary N) is 1. The lowest BCUT2D eigenvalue weighted by atomic mass is 9.63. The van der Waals surface area contributed by atoms with Crippen LogP contribution in [0.5, 0.6) is 0 Å². The van der Waals surface area contributed by atoms with E-state index in [4.69, 9.17) is 5.73 Å². The summed E-state index contributed by atoms with van der Waals surface area (Å²) in [5.41, 5.74) is 6.54. The van der Waals surface area contributed by atoms with Gasteiger partial charge in [-0.3, -0.25) is 4.90 Å². The summed E-state index contributed by atoms with van der Waals surface area (Å²) in [4.78, 5) is 2.59. The maximum atomic E-state index is 5.79. The molecule has 0 amide bonds. The lowest BCUT2D eigenvalue weighted by molar-refractivity contribution is -0.0896. The van der Waals surface area contributed by atoms with Crippen LogP contribution in [0.4, 0.5) is 0 Å². The molecule has 1 aliphatic carbocycles. The fraction of sp³-hybridized carbons (Fsp3) is 1.00. The van der Waals surface area contributed by atoms with Crippen molar-refractivity contribution in [3.05, 3.63) is 0 Å². The van der Waals surface area contributed by atoms with Crippen LogP contribution in [-0.4, -0.2) is 30.6 Å². The molecule has 0 aromatic carbocycles. The van der Waals surface area contributed by atoms with Crippen molar-refractivity contribution >= 4 is 0 Å². The second kappa shape index (κ2) is 3.25. The molecule has 2 aliphatic rings. The first-order chi connectivity index (χ1) is 6.17. The second-order valence-electron chi connectivity index (χ2n) is 5.31. The molecule has 2 rings (SSSR count). The van der Waals surface area contributed by atoms with Crippen LogP contribution in [0.1, 0.15) is 33.1 Å². The van der Waals surface area contributed by atoms with Crippen molar-refractivity contribution in [3.63, 3.8) is 0 Å². The molecule has 1 spiro atoms. The van der Waals surface area contributed by atoms with Crippen LogP contribution in [0.3, 0.4) is 0 Å². The normalized spacial score (nSPS) is 28.6. The number of hydrogen-bond donors (Lipinski definition) is 1. The zero-order valence-corrected chi connectivity index (χ0v) is 8.92. The minimum absolute atomic E-state index is 0.631. The third-order valence-corrected chi connectivity index (χ3v) is 3.97. The molecular weight excluding hydrogens is 160 g/mol. The van der Waals surface area contributed by atoms with E-state index in [1.165, 1.54) is 32.4 Å². The highest BCUT2D eigenvalue weighted by Crippen LogP contribution is 2.49. The largest absolute Gasteiger partial charge is 0.329 e. The Morgan fingerprint density at radius 2 is 1.92 bits per heavy atom. The molecule has 1 unspecified atom stereocenters. The van der Waals surface area contributed by atoms with Crippen molar-refractivity contribution in [2.45, 2.75) is 39.2 Å². The van der Waals surface area contributed by atoms with Gasteiger partial charge in [-0.15, -0.1) is 0 Å². The predicted octanol–water partition coefficient (Wildman–Crippen LogP) is 1.46. The lowest BCUT2D eigenvalue weighted by Gasteiger charge is -2.59. The first kappa shape index (κ1) is 9.47. The smallest absolute Gasteiger partial charge is 0.0241 e. The van der Waals surface area contributed by atoms with Crippen LogP contribution in [0.2, 0.25) is 0 Å². The fourth-order valence-electron chi connectivity index (χ4n) is 2.89. The summed E-state index contributed by atoms with van der Waals surface area (Å²) >= 11 is 0.